The molecule has 1 aliphatic heterocycles. The van der Waals surface area contributed by atoms with Gasteiger partial charge in [0, 0.05) is 23.7 Å². The van der Waals surface area contributed by atoms with Gasteiger partial charge in [-0.05, 0) is 35.3 Å². The van der Waals surface area contributed by atoms with E-state index in [9.17, 15) is 13.2 Å². The summed E-state index contributed by atoms with van der Waals surface area (Å²) in [7, 11) is 0. The topological polar surface area (TPSA) is 71.2 Å². The molecule has 0 fully saturated rings. The summed E-state index contributed by atoms with van der Waals surface area (Å²) in [5.74, 6) is 7.18. The minimum atomic E-state index is -4.34. The standard InChI is InChI=1S/C16H13F3N6S/c17-16(18,19)12-3-1-10(2-4-12)8-24-9-11-7-21-14(13-5-6-26-23-13)22-15(11)25(24)20/h1-7H,8-9,20H2. The molecule has 0 amide bonds. The molecule has 4 rings (SSSR count). The lowest BCUT2D eigenvalue weighted by Gasteiger charge is -2.24. The Balaban J connectivity index is 1.52. The molecule has 26 heavy (non-hydrogen) atoms. The Morgan fingerprint density at radius 3 is 2.58 bits per heavy atom. The van der Waals surface area contributed by atoms with Crippen molar-refractivity contribution in [1.29, 1.82) is 0 Å². The molecule has 0 saturated heterocycles. The molecule has 134 valence electrons. The van der Waals surface area contributed by atoms with E-state index >= 15 is 0 Å². The monoisotopic (exact) mass is 378 g/mol. The van der Waals surface area contributed by atoms with Gasteiger partial charge in [0.25, 0.3) is 0 Å². The van der Waals surface area contributed by atoms with Gasteiger partial charge < -0.3 is 0 Å². The van der Waals surface area contributed by atoms with Gasteiger partial charge in [0.2, 0.25) is 0 Å². The maximum atomic E-state index is 12.7. The number of nitrogens with two attached hydrogens (primary N) is 1. The molecule has 2 N–H and O–H groups in total. The zero-order chi connectivity index (χ0) is 18.3. The smallest absolute Gasteiger partial charge is 0.235 e. The highest BCUT2D eigenvalue weighted by Gasteiger charge is 2.31. The summed E-state index contributed by atoms with van der Waals surface area (Å²) in [5, 5.41) is 5.03. The van der Waals surface area contributed by atoms with Crippen LogP contribution in [0, 0.1) is 0 Å². The fraction of sp³-hybridized carbons (Fsp3) is 0.188. The summed E-state index contributed by atoms with van der Waals surface area (Å²) < 4.78 is 42.2. The fourth-order valence-electron chi connectivity index (χ4n) is 2.71. The summed E-state index contributed by atoms with van der Waals surface area (Å²) in [5.41, 5.74) is 1.56. The summed E-state index contributed by atoms with van der Waals surface area (Å²) in [6, 6.07) is 6.86. The third-order valence-corrected chi connectivity index (χ3v) is 4.59. The number of hydrogen-bond acceptors (Lipinski definition) is 7. The van der Waals surface area contributed by atoms with Crippen LogP contribution in [0.25, 0.3) is 11.5 Å². The average molecular weight is 378 g/mol. The van der Waals surface area contributed by atoms with E-state index in [0.717, 1.165) is 17.7 Å². The van der Waals surface area contributed by atoms with Crippen molar-refractivity contribution >= 4 is 17.4 Å². The van der Waals surface area contributed by atoms with Gasteiger partial charge in [-0.15, -0.1) is 0 Å². The molecule has 10 heteroatoms. The first kappa shape index (κ1) is 16.9. The van der Waals surface area contributed by atoms with E-state index in [1.807, 2.05) is 11.4 Å². The highest BCUT2D eigenvalue weighted by molar-refractivity contribution is 7.03. The number of hydrogen-bond donors (Lipinski definition) is 1. The zero-order valence-electron chi connectivity index (χ0n) is 13.3. The number of benzene rings is 1. The van der Waals surface area contributed by atoms with Crippen molar-refractivity contribution in [2.24, 2.45) is 5.84 Å². The first-order valence-electron chi connectivity index (χ1n) is 7.64. The van der Waals surface area contributed by atoms with Gasteiger partial charge in [0.05, 0.1) is 12.1 Å². The van der Waals surface area contributed by atoms with E-state index in [2.05, 4.69) is 14.3 Å². The van der Waals surface area contributed by atoms with E-state index in [0.29, 0.717) is 36.0 Å². The van der Waals surface area contributed by atoms with E-state index in [1.165, 1.54) is 28.8 Å². The number of nitrogens with zero attached hydrogens (tertiary/aromatic N) is 5. The maximum absolute atomic E-state index is 12.7. The van der Waals surface area contributed by atoms with Crippen LogP contribution in [-0.2, 0) is 19.3 Å². The number of fused-ring (bicyclic) bond motifs is 1. The van der Waals surface area contributed by atoms with E-state index in [1.54, 1.807) is 11.2 Å². The second-order valence-electron chi connectivity index (χ2n) is 5.79. The van der Waals surface area contributed by atoms with Gasteiger partial charge in [-0.1, -0.05) is 12.1 Å². The highest BCUT2D eigenvalue weighted by atomic mass is 32.1. The number of hydrazine groups is 2. The number of rotatable bonds is 3. The van der Waals surface area contributed by atoms with E-state index in [-0.39, 0.29) is 0 Å². The third kappa shape index (κ3) is 3.14. The second kappa shape index (κ2) is 6.31. The summed E-state index contributed by atoms with van der Waals surface area (Å²) >= 11 is 1.31. The molecule has 0 saturated carbocycles. The van der Waals surface area contributed by atoms with Gasteiger partial charge in [0.15, 0.2) is 11.6 Å². The van der Waals surface area contributed by atoms with Gasteiger partial charge >= 0.3 is 6.18 Å². The third-order valence-electron chi connectivity index (χ3n) is 4.03. The first-order valence-corrected chi connectivity index (χ1v) is 8.48. The SMILES string of the molecule is NN1c2nc(-c3ccsn3)ncc2CN1Cc1ccc(C(F)(F)F)cc1. The fourth-order valence-corrected chi connectivity index (χ4v) is 3.21. The quantitative estimate of drug-likeness (QED) is 0.706. The van der Waals surface area contributed by atoms with Crippen LogP contribution in [-0.4, -0.2) is 19.4 Å². The minimum Gasteiger partial charge on any atom is -0.235 e. The Morgan fingerprint density at radius 2 is 1.92 bits per heavy atom. The first-order chi connectivity index (χ1) is 12.4. The van der Waals surface area contributed by atoms with Gasteiger partial charge in [0.1, 0.15) is 5.69 Å². The van der Waals surface area contributed by atoms with Crippen molar-refractivity contribution in [3.63, 3.8) is 0 Å². The number of aromatic nitrogens is 3. The minimum absolute atomic E-state index is 0.358. The molecule has 0 unspecified atom stereocenters. The molecule has 0 radical (unpaired) electrons. The van der Waals surface area contributed by atoms with Crippen LogP contribution in [0.15, 0.2) is 41.9 Å². The lowest BCUT2D eigenvalue weighted by Crippen LogP contribution is -2.42. The van der Waals surface area contributed by atoms with Crippen LogP contribution in [0.3, 0.4) is 0 Å². The average Bonchev–Trinajstić information content (AvgIpc) is 3.24. The normalized spacial score (nSPS) is 14.7. The molecular formula is C16H13F3N6S. The number of anilines is 1. The van der Waals surface area contributed by atoms with Crippen molar-refractivity contribution in [2.75, 3.05) is 5.12 Å². The zero-order valence-corrected chi connectivity index (χ0v) is 14.1. The molecule has 0 bridgehead atoms. The number of halogens is 3. The van der Waals surface area contributed by atoms with Crippen LogP contribution in [0.2, 0.25) is 0 Å². The lowest BCUT2D eigenvalue weighted by molar-refractivity contribution is -0.137. The Bertz CT molecular complexity index is 911. The molecule has 1 aliphatic rings. The predicted octanol–water partition coefficient (Wildman–Crippen LogP) is 3.23. The Hall–Kier alpha value is -2.56. The Labute approximate surface area is 150 Å². The van der Waals surface area contributed by atoms with E-state index < -0.39 is 11.7 Å². The van der Waals surface area contributed by atoms with Gasteiger partial charge in [-0.25, -0.2) is 20.9 Å². The van der Waals surface area contributed by atoms with Crippen LogP contribution >= 0.6 is 11.5 Å². The maximum Gasteiger partial charge on any atom is 0.416 e. The van der Waals surface area contributed by atoms with Crippen LogP contribution in [0.4, 0.5) is 19.0 Å². The molecule has 0 atom stereocenters. The second-order valence-corrected chi connectivity index (χ2v) is 6.45. The van der Waals surface area contributed by atoms with Gasteiger partial charge in [-0.3, -0.25) is 0 Å². The molecule has 1 aromatic carbocycles. The molecule has 0 aliphatic carbocycles. The molecule has 0 spiro atoms. The van der Waals surface area contributed by atoms with Crippen molar-refractivity contribution in [1.82, 2.24) is 19.4 Å². The van der Waals surface area contributed by atoms with Crippen LogP contribution in [0.5, 0.6) is 0 Å². The van der Waals surface area contributed by atoms with Crippen LogP contribution < -0.4 is 11.0 Å². The molecule has 6 nitrogen and oxygen atoms in total. The van der Waals surface area contributed by atoms with Crippen molar-refractivity contribution < 1.29 is 13.2 Å². The predicted molar refractivity (Wildman–Crippen MR) is 90.5 cm³/mol. The molecule has 2 aromatic heterocycles. The summed E-state index contributed by atoms with van der Waals surface area (Å²) in [4.78, 5) is 8.77. The van der Waals surface area contributed by atoms with Crippen LogP contribution in [0.1, 0.15) is 16.7 Å². The lowest BCUT2D eigenvalue weighted by atomic mass is 10.1. The largest absolute Gasteiger partial charge is 0.416 e. The molecular weight excluding hydrogens is 365 g/mol. The van der Waals surface area contributed by atoms with Crippen molar-refractivity contribution in [3.05, 3.63) is 58.6 Å². The summed E-state index contributed by atoms with van der Waals surface area (Å²) in [6.45, 7) is 0.835. The highest BCUT2D eigenvalue weighted by Crippen LogP contribution is 2.31. The molecule has 3 heterocycles. The van der Waals surface area contributed by atoms with Crippen molar-refractivity contribution in [2.45, 2.75) is 19.3 Å². The van der Waals surface area contributed by atoms with E-state index in [4.69, 9.17) is 5.84 Å². The Kier molecular flexibility index (Phi) is 4.10. The number of alkyl halides is 3. The Morgan fingerprint density at radius 1 is 1.15 bits per heavy atom. The van der Waals surface area contributed by atoms with Crippen molar-refractivity contribution in [3.8, 4) is 11.5 Å². The van der Waals surface area contributed by atoms with Gasteiger partial charge in [-0.2, -0.15) is 22.6 Å². The summed E-state index contributed by atoms with van der Waals surface area (Å²) in [6.07, 6.45) is -2.65. The molecule has 3 aromatic rings.